The Morgan fingerprint density at radius 3 is 2.30 bits per heavy atom. The molecule has 3 rings (SSSR count). The lowest BCUT2D eigenvalue weighted by Crippen LogP contribution is -2.47. The Balaban J connectivity index is 1.60. The second-order valence-corrected chi connectivity index (χ2v) is 5.68. The van der Waals surface area contributed by atoms with Gasteiger partial charge in [0.1, 0.15) is 0 Å². The highest BCUT2D eigenvalue weighted by atomic mass is 16.5. The van der Waals surface area contributed by atoms with Crippen molar-refractivity contribution in [3.05, 3.63) is 65.7 Å². The van der Waals surface area contributed by atoms with E-state index in [9.17, 15) is 0 Å². The summed E-state index contributed by atoms with van der Waals surface area (Å²) in [7, 11) is 0. The number of benzene rings is 2. The number of nitrogens with one attached hydrogen (secondary N) is 1. The van der Waals surface area contributed by atoms with Gasteiger partial charge < -0.3 is 10.1 Å². The third-order valence-electron chi connectivity index (χ3n) is 4.13. The van der Waals surface area contributed by atoms with Gasteiger partial charge in [-0.2, -0.15) is 0 Å². The largest absolute Gasteiger partial charge is 0.385 e. The predicted octanol–water partition coefficient (Wildman–Crippen LogP) is 3.77. The van der Waals surface area contributed by atoms with E-state index in [1.165, 1.54) is 16.8 Å². The van der Waals surface area contributed by atoms with Crippen LogP contribution in [0, 0.1) is 6.92 Å². The molecule has 2 heteroatoms. The van der Waals surface area contributed by atoms with E-state index < -0.39 is 0 Å². The van der Waals surface area contributed by atoms with Gasteiger partial charge in [-0.25, -0.2) is 0 Å². The van der Waals surface area contributed by atoms with Crippen LogP contribution in [-0.2, 0) is 10.2 Å². The molecular formula is C18H21NO. The van der Waals surface area contributed by atoms with Crippen LogP contribution in [0.1, 0.15) is 17.5 Å². The Bertz CT molecular complexity index is 543. The summed E-state index contributed by atoms with van der Waals surface area (Å²) in [5.74, 6) is 0. The molecule has 1 aliphatic rings. The van der Waals surface area contributed by atoms with E-state index in [-0.39, 0.29) is 5.41 Å². The Morgan fingerprint density at radius 1 is 1.00 bits per heavy atom. The Hall–Kier alpha value is -1.80. The fourth-order valence-electron chi connectivity index (χ4n) is 2.71. The first-order valence-corrected chi connectivity index (χ1v) is 7.22. The molecule has 0 saturated carbocycles. The maximum atomic E-state index is 5.48. The third-order valence-corrected chi connectivity index (χ3v) is 4.13. The summed E-state index contributed by atoms with van der Waals surface area (Å²) in [5, 5.41) is 3.51. The van der Waals surface area contributed by atoms with Crippen LogP contribution in [0.15, 0.2) is 54.6 Å². The first-order chi connectivity index (χ1) is 9.78. The van der Waals surface area contributed by atoms with Gasteiger partial charge in [0.2, 0.25) is 0 Å². The number of ether oxygens (including phenoxy) is 1. The van der Waals surface area contributed by atoms with Gasteiger partial charge in [0.05, 0.1) is 13.2 Å². The van der Waals surface area contributed by atoms with Crippen molar-refractivity contribution in [3.8, 4) is 0 Å². The Morgan fingerprint density at radius 2 is 1.70 bits per heavy atom. The van der Waals surface area contributed by atoms with Gasteiger partial charge in [-0.05, 0) is 31.0 Å². The minimum Gasteiger partial charge on any atom is -0.385 e. The fourth-order valence-corrected chi connectivity index (χ4v) is 2.71. The van der Waals surface area contributed by atoms with Crippen LogP contribution in [0.3, 0.4) is 0 Å². The first kappa shape index (κ1) is 13.2. The van der Waals surface area contributed by atoms with E-state index in [0.29, 0.717) is 0 Å². The molecule has 2 nitrogen and oxygen atoms in total. The van der Waals surface area contributed by atoms with Crippen LogP contribution in [0.2, 0.25) is 0 Å². The van der Waals surface area contributed by atoms with Crippen LogP contribution in [0.4, 0.5) is 5.69 Å². The van der Waals surface area contributed by atoms with Crippen molar-refractivity contribution in [1.82, 2.24) is 0 Å². The molecule has 104 valence electrons. The summed E-state index contributed by atoms with van der Waals surface area (Å²) in [4.78, 5) is 0. The molecule has 20 heavy (non-hydrogen) atoms. The molecule has 1 fully saturated rings. The zero-order valence-electron chi connectivity index (χ0n) is 11.9. The van der Waals surface area contributed by atoms with Gasteiger partial charge in [-0.3, -0.25) is 0 Å². The minimum absolute atomic E-state index is 0.207. The number of hydrogen-bond acceptors (Lipinski definition) is 2. The Kier molecular flexibility index (Phi) is 3.75. The molecule has 0 unspecified atom stereocenters. The first-order valence-electron chi connectivity index (χ1n) is 7.22. The van der Waals surface area contributed by atoms with Crippen LogP contribution < -0.4 is 5.32 Å². The molecule has 0 spiro atoms. The molecule has 2 aromatic carbocycles. The summed E-state index contributed by atoms with van der Waals surface area (Å²) in [5.41, 5.74) is 4.10. The summed E-state index contributed by atoms with van der Waals surface area (Å²) in [6.45, 7) is 4.76. The topological polar surface area (TPSA) is 21.3 Å². The maximum absolute atomic E-state index is 5.48. The second-order valence-electron chi connectivity index (χ2n) is 5.68. The van der Waals surface area contributed by atoms with Crippen molar-refractivity contribution in [1.29, 1.82) is 0 Å². The monoisotopic (exact) mass is 267 g/mol. The SMILES string of the molecule is Cc1ccc(NCCC2(c3ccccc3)COC2)cc1. The molecule has 0 atom stereocenters. The smallest absolute Gasteiger partial charge is 0.0586 e. The number of rotatable bonds is 5. The molecule has 0 aromatic heterocycles. The van der Waals surface area contributed by atoms with Crippen molar-refractivity contribution in [2.75, 3.05) is 25.1 Å². The lowest BCUT2D eigenvalue weighted by atomic mass is 9.76. The van der Waals surface area contributed by atoms with Crippen molar-refractivity contribution in [2.45, 2.75) is 18.8 Å². The predicted molar refractivity (Wildman–Crippen MR) is 83.2 cm³/mol. The number of aryl methyl sites for hydroxylation is 1. The van der Waals surface area contributed by atoms with Crippen LogP contribution in [0.5, 0.6) is 0 Å². The number of hydrogen-bond donors (Lipinski definition) is 1. The van der Waals surface area contributed by atoms with Crippen molar-refractivity contribution in [3.63, 3.8) is 0 Å². The van der Waals surface area contributed by atoms with E-state index in [2.05, 4.69) is 66.8 Å². The van der Waals surface area contributed by atoms with E-state index in [4.69, 9.17) is 4.74 Å². The van der Waals surface area contributed by atoms with Crippen LogP contribution in [-0.4, -0.2) is 19.8 Å². The van der Waals surface area contributed by atoms with Gasteiger partial charge in [-0.1, -0.05) is 48.0 Å². The fraction of sp³-hybridized carbons (Fsp3) is 0.333. The van der Waals surface area contributed by atoms with E-state index in [1.807, 2.05) is 0 Å². The normalized spacial score (nSPS) is 16.4. The minimum atomic E-state index is 0.207. The maximum Gasteiger partial charge on any atom is 0.0586 e. The summed E-state index contributed by atoms with van der Waals surface area (Å²) in [6, 6.07) is 19.3. The quantitative estimate of drug-likeness (QED) is 0.890. The van der Waals surface area contributed by atoms with Crippen molar-refractivity contribution < 1.29 is 4.74 Å². The van der Waals surface area contributed by atoms with Crippen LogP contribution in [0.25, 0.3) is 0 Å². The highest BCUT2D eigenvalue weighted by Crippen LogP contribution is 2.35. The van der Waals surface area contributed by atoms with E-state index >= 15 is 0 Å². The Labute approximate surface area is 120 Å². The second kappa shape index (κ2) is 5.68. The molecule has 0 aliphatic carbocycles. The molecule has 1 N–H and O–H groups in total. The molecular weight excluding hydrogens is 246 g/mol. The molecule has 0 bridgehead atoms. The summed E-state index contributed by atoms with van der Waals surface area (Å²) in [6.07, 6.45) is 1.10. The lowest BCUT2D eigenvalue weighted by molar-refractivity contribution is -0.0626. The molecule has 1 aliphatic heterocycles. The average Bonchev–Trinajstić information content (AvgIpc) is 2.45. The highest BCUT2D eigenvalue weighted by Gasteiger charge is 2.39. The van der Waals surface area contributed by atoms with E-state index in [1.54, 1.807) is 0 Å². The van der Waals surface area contributed by atoms with Crippen molar-refractivity contribution >= 4 is 5.69 Å². The number of anilines is 1. The van der Waals surface area contributed by atoms with Crippen molar-refractivity contribution in [2.24, 2.45) is 0 Å². The zero-order chi connectivity index (χ0) is 13.8. The van der Waals surface area contributed by atoms with E-state index in [0.717, 1.165) is 26.2 Å². The molecule has 0 amide bonds. The molecule has 0 radical (unpaired) electrons. The van der Waals surface area contributed by atoms with Gasteiger partial charge in [-0.15, -0.1) is 0 Å². The lowest BCUT2D eigenvalue weighted by Gasteiger charge is -2.42. The average molecular weight is 267 g/mol. The van der Waals surface area contributed by atoms with Gasteiger partial charge in [0.15, 0.2) is 0 Å². The molecule has 2 aromatic rings. The summed E-state index contributed by atoms with van der Waals surface area (Å²) < 4.78 is 5.48. The highest BCUT2D eigenvalue weighted by molar-refractivity contribution is 5.44. The zero-order valence-corrected chi connectivity index (χ0v) is 11.9. The standard InChI is InChI=1S/C18H21NO/c1-15-7-9-17(10-8-15)19-12-11-18(13-20-14-18)16-5-3-2-4-6-16/h2-10,19H,11-14H2,1H3. The third kappa shape index (κ3) is 2.70. The van der Waals surface area contributed by atoms with Gasteiger partial charge in [0, 0.05) is 17.6 Å². The van der Waals surface area contributed by atoms with Gasteiger partial charge in [0.25, 0.3) is 0 Å². The molecule has 1 saturated heterocycles. The summed E-state index contributed by atoms with van der Waals surface area (Å²) >= 11 is 0. The molecule has 1 heterocycles. The van der Waals surface area contributed by atoms with Gasteiger partial charge >= 0.3 is 0 Å². The van der Waals surface area contributed by atoms with Crippen LogP contribution >= 0.6 is 0 Å².